The van der Waals surface area contributed by atoms with E-state index in [1.165, 1.54) is 10.6 Å². The van der Waals surface area contributed by atoms with E-state index in [0.717, 1.165) is 19.5 Å². The average molecular weight is 380 g/mol. The van der Waals surface area contributed by atoms with E-state index in [0.29, 0.717) is 24.0 Å². The van der Waals surface area contributed by atoms with Crippen LogP contribution in [0.2, 0.25) is 0 Å². The Morgan fingerprint density at radius 1 is 1.25 bits per heavy atom. The molecule has 0 bridgehead atoms. The van der Waals surface area contributed by atoms with Gasteiger partial charge in [-0.1, -0.05) is 18.2 Å². The van der Waals surface area contributed by atoms with Crippen LogP contribution in [0.5, 0.6) is 5.75 Å². The third kappa shape index (κ3) is 3.78. The normalized spacial score (nSPS) is 18.6. The maximum absolute atomic E-state index is 12.8. The minimum Gasteiger partial charge on any atom is -0.480 e. The van der Waals surface area contributed by atoms with Crippen molar-refractivity contribution >= 4 is 23.3 Å². The predicted octanol–water partition coefficient (Wildman–Crippen LogP) is 1.79. The van der Waals surface area contributed by atoms with Crippen LogP contribution in [0.4, 0.5) is 11.5 Å². The molecule has 7 heteroatoms. The van der Waals surface area contributed by atoms with Gasteiger partial charge in [-0.15, -0.1) is 0 Å². The molecule has 4 rings (SSSR count). The van der Waals surface area contributed by atoms with Crippen LogP contribution in [0.1, 0.15) is 6.42 Å². The number of benzene rings is 1. The lowest BCUT2D eigenvalue weighted by Crippen LogP contribution is -2.46. The van der Waals surface area contributed by atoms with Crippen LogP contribution >= 0.6 is 0 Å². The van der Waals surface area contributed by atoms with Crippen molar-refractivity contribution in [1.82, 2.24) is 9.88 Å². The summed E-state index contributed by atoms with van der Waals surface area (Å²) in [6, 6.07) is 13.8. The quantitative estimate of drug-likeness (QED) is 0.791. The molecule has 2 aliphatic rings. The largest absolute Gasteiger partial charge is 0.480 e. The Morgan fingerprint density at radius 3 is 2.89 bits per heavy atom. The number of ether oxygens (including phenoxy) is 1. The first-order valence-electron chi connectivity index (χ1n) is 9.54. The number of carbonyl (C=O) groups excluding carboxylic acids is 2. The van der Waals surface area contributed by atoms with E-state index >= 15 is 0 Å². The van der Waals surface area contributed by atoms with Crippen molar-refractivity contribution in [2.24, 2.45) is 5.92 Å². The van der Waals surface area contributed by atoms with Gasteiger partial charge in [0.1, 0.15) is 6.54 Å². The molecule has 0 aliphatic carbocycles. The first-order valence-corrected chi connectivity index (χ1v) is 9.54. The van der Waals surface area contributed by atoms with E-state index in [2.05, 4.69) is 22.0 Å². The minimum absolute atomic E-state index is 0.0160. The molecule has 2 aliphatic heterocycles. The number of nitrogens with zero attached hydrogens (tertiary/aromatic N) is 4. The maximum Gasteiger partial charge on any atom is 0.266 e. The number of anilines is 2. The van der Waals surface area contributed by atoms with Crippen LogP contribution in [0.15, 0.2) is 48.7 Å². The number of hydrogen-bond donors (Lipinski definition) is 0. The van der Waals surface area contributed by atoms with Gasteiger partial charge in [0.05, 0.1) is 0 Å². The Balaban J connectivity index is 1.35. The molecule has 2 aromatic rings. The van der Waals surface area contributed by atoms with Gasteiger partial charge < -0.3 is 14.5 Å². The van der Waals surface area contributed by atoms with Gasteiger partial charge in [-0.05, 0) is 36.6 Å². The molecule has 1 fully saturated rings. The number of likely N-dealkylation sites (N-methyl/N-ethyl adjacent to an activating group) is 1. The van der Waals surface area contributed by atoms with Crippen molar-refractivity contribution in [2.45, 2.75) is 6.42 Å². The van der Waals surface area contributed by atoms with E-state index in [1.54, 1.807) is 30.3 Å². The van der Waals surface area contributed by atoms with Crippen LogP contribution in [0.3, 0.4) is 0 Å². The topological polar surface area (TPSA) is 66.0 Å². The van der Waals surface area contributed by atoms with E-state index < -0.39 is 0 Å². The number of pyridine rings is 1. The molecule has 28 heavy (non-hydrogen) atoms. The summed E-state index contributed by atoms with van der Waals surface area (Å²) in [5, 5.41) is 0. The molecule has 0 radical (unpaired) electrons. The molecule has 1 aromatic heterocycles. The molecule has 1 aromatic carbocycles. The molecular formula is C21H24N4O3. The molecule has 0 N–H and O–H groups in total. The Hall–Kier alpha value is -3.09. The van der Waals surface area contributed by atoms with Crippen molar-refractivity contribution in [1.29, 1.82) is 0 Å². The summed E-state index contributed by atoms with van der Waals surface area (Å²) in [5.74, 6) is 1.03. The van der Waals surface area contributed by atoms with E-state index in [4.69, 9.17) is 4.74 Å². The second-order valence-electron chi connectivity index (χ2n) is 7.30. The van der Waals surface area contributed by atoms with E-state index in [-0.39, 0.29) is 25.0 Å². The van der Waals surface area contributed by atoms with Gasteiger partial charge >= 0.3 is 0 Å². The Bertz CT molecular complexity index is 858. The molecule has 0 saturated carbocycles. The van der Waals surface area contributed by atoms with Crippen molar-refractivity contribution in [3.63, 3.8) is 0 Å². The summed E-state index contributed by atoms with van der Waals surface area (Å²) < 4.78 is 5.39. The molecule has 0 unspecified atom stereocenters. The summed E-state index contributed by atoms with van der Waals surface area (Å²) in [5.41, 5.74) is 1.22. The number of aromatic nitrogens is 1. The zero-order chi connectivity index (χ0) is 19.5. The van der Waals surface area contributed by atoms with E-state index in [9.17, 15) is 9.59 Å². The molecule has 7 nitrogen and oxygen atoms in total. The second kappa shape index (κ2) is 7.88. The summed E-state index contributed by atoms with van der Waals surface area (Å²) in [7, 11) is 1.80. The molecular weight excluding hydrogens is 356 g/mol. The third-order valence-electron chi connectivity index (χ3n) is 5.32. The number of carbonyl (C=O) groups is 2. The summed E-state index contributed by atoms with van der Waals surface area (Å²) in [6.07, 6.45) is 2.64. The first-order chi connectivity index (χ1) is 13.6. The standard InChI is InChI=1S/C21H24N4O3/c1-23(12-16-9-11-24(13-16)17-6-3-2-4-7-17)19(26)14-25-20(27)15-28-18-8-5-10-22-21(18)25/h2-8,10,16H,9,11-15H2,1H3/t16-/m1/s1. The predicted molar refractivity (Wildman–Crippen MR) is 106 cm³/mol. The molecule has 0 spiro atoms. The number of amides is 2. The molecule has 1 atom stereocenters. The maximum atomic E-state index is 12.8. The summed E-state index contributed by atoms with van der Waals surface area (Å²) >= 11 is 0. The highest BCUT2D eigenvalue weighted by molar-refractivity contribution is 6.01. The second-order valence-corrected chi connectivity index (χ2v) is 7.30. The SMILES string of the molecule is CN(C[C@H]1CCN(c2ccccc2)C1)C(=O)CN1C(=O)COc2cccnc21. The van der Waals surface area contributed by atoms with Crippen molar-refractivity contribution in [3.8, 4) is 5.75 Å². The smallest absolute Gasteiger partial charge is 0.266 e. The van der Waals surface area contributed by atoms with Gasteiger partial charge in [0.15, 0.2) is 18.2 Å². The van der Waals surface area contributed by atoms with Crippen molar-refractivity contribution < 1.29 is 14.3 Å². The van der Waals surface area contributed by atoms with Crippen LogP contribution < -0.4 is 14.5 Å². The summed E-state index contributed by atoms with van der Waals surface area (Å²) in [6.45, 7) is 2.52. The lowest BCUT2D eigenvalue weighted by atomic mass is 10.1. The highest BCUT2D eigenvalue weighted by atomic mass is 16.5. The minimum atomic E-state index is -0.246. The van der Waals surface area contributed by atoms with Gasteiger partial charge in [-0.3, -0.25) is 14.5 Å². The van der Waals surface area contributed by atoms with Crippen LogP contribution in [0.25, 0.3) is 0 Å². The highest BCUT2D eigenvalue weighted by Gasteiger charge is 2.30. The summed E-state index contributed by atoms with van der Waals surface area (Å²) in [4.78, 5) is 34.7. The molecule has 1 saturated heterocycles. The fourth-order valence-electron chi connectivity index (χ4n) is 3.80. The molecule has 146 valence electrons. The number of hydrogen-bond acceptors (Lipinski definition) is 5. The lowest BCUT2D eigenvalue weighted by Gasteiger charge is -2.29. The van der Waals surface area contributed by atoms with Crippen LogP contribution in [-0.2, 0) is 9.59 Å². The third-order valence-corrected chi connectivity index (χ3v) is 5.32. The van der Waals surface area contributed by atoms with Crippen molar-refractivity contribution in [3.05, 3.63) is 48.7 Å². The lowest BCUT2D eigenvalue weighted by molar-refractivity contribution is -0.131. The fraction of sp³-hybridized carbons (Fsp3) is 0.381. The molecule has 3 heterocycles. The van der Waals surface area contributed by atoms with Crippen LogP contribution in [-0.4, -0.2) is 61.5 Å². The Morgan fingerprint density at radius 2 is 2.07 bits per heavy atom. The Kier molecular flexibility index (Phi) is 5.14. The van der Waals surface area contributed by atoms with Gasteiger partial charge in [-0.2, -0.15) is 0 Å². The Labute approximate surface area is 164 Å². The monoisotopic (exact) mass is 380 g/mol. The highest BCUT2D eigenvalue weighted by Crippen LogP contribution is 2.29. The van der Waals surface area contributed by atoms with Gasteiger partial charge in [-0.25, -0.2) is 4.98 Å². The number of fused-ring (bicyclic) bond motifs is 1. The fourth-order valence-corrected chi connectivity index (χ4v) is 3.80. The zero-order valence-electron chi connectivity index (χ0n) is 16.0. The van der Waals surface area contributed by atoms with Gasteiger partial charge in [0.25, 0.3) is 5.91 Å². The number of rotatable bonds is 5. The zero-order valence-corrected chi connectivity index (χ0v) is 16.0. The average Bonchev–Trinajstić information content (AvgIpc) is 3.19. The number of para-hydroxylation sites is 1. The van der Waals surface area contributed by atoms with Gasteiger partial charge in [0, 0.05) is 38.6 Å². The van der Waals surface area contributed by atoms with Crippen LogP contribution in [0, 0.1) is 5.92 Å². The first kappa shape index (κ1) is 18.3. The van der Waals surface area contributed by atoms with Gasteiger partial charge in [0.2, 0.25) is 5.91 Å². The van der Waals surface area contributed by atoms with E-state index in [1.807, 2.05) is 18.2 Å². The van der Waals surface area contributed by atoms with Crippen molar-refractivity contribution in [2.75, 3.05) is 49.6 Å². The molecule has 2 amide bonds.